The molecule has 0 radical (unpaired) electrons. The Labute approximate surface area is 131 Å². The van der Waals surface area contributed by atoms with Crippen LogP contribution in [0.2, 0.25) is 0 Å². The molecule has 0 N–H and O–H groups in total. The third-order valence-corrected chi connectivity index (χ3v) is 4.03. The van der Waals surface area contributed by atoms with Gasteiger partial charge in [0.05, 0.1) is 18.1 Å². The van der Waals surface area contributed by atoms with Crippen LogP contribution in [-0.2, 0) is 14.3 Å². The molecule has 1 aliphatic carbocycles. The first-order valence-corrected chi connectivity index (χ1v) is 8.13. The second-order valence-corrected chi connectivity index (χ2v) is 5.77. The molecule has 22 heavy (non-hydrogen) atoms. The molecule has 1 aromatic rings. The molecule has 4 heteroatoms. The van der Waals surface area contributed by atoms with Gasteiger partial charge in [-0.05, 0) is 44.2 Å². The van der Waals surface area contributed by atoms with Gasteiger partial charge in [0, 0.05) is 0 Å². The molecule has 1 saturated carbocycles. The van der Waals surface area contributed by atoms with Gasteiger partial charge >= 0.3 is 11.9 Å². The Morgan fingerprint density at radius 3 is 2.41 bits per heavy atom. The fraction of sp³-hybridized carbons (Fsp3) is 0.556. The van der Waals surface area contributed by atoms with Crippen LogP contribution in [0.5, 0.6) is 0 Å². The SMILES string of the molecule is CCCCOC(=O)C1CCC(OC(=O)c2ccccc2)CC1. The average molecular weight is 304 g/mol. The lowest BCUT2D eigenvalue weighted by Crippen LogP contribution is -2.29. The molecule has 0 saturated heterocycles. The Balaban J connectivity index is 1.73. The maximum atomic E-state index is 12.0. The minimum Gasteiger partial charge on any atom is -0.465 e. The van der Waals surface area contributed by atoms with E-state index in [4.69, 9.17) is 9.47 Å². The number of hydrogen-bond acceptors (Lipinski definition) is 4. The summed E-state index contributed by atoms with van der Waals surface area (Å²) < 4.78 is 10.8. The number of esters is 2. The van der Waals surface area contributed by atoms with E-state index in [0.717, 1.165) is 38.5 Å². The molecular weight excluding hydrogens is 280 g/mol. The highest BCUT2D eigenvalue weighted by atomic mass is 16.5. The lowest BCUT2D eigenvalue weighted by molar-refractivity contribution is -0.150. The van der Waals surface area contributed by atoms with Crippen LogP contribution >= 0.6 is 0 Å². The molecule has 0 heterocycles. The zero-order valence-electron chi connectivity index (χ0n) is 13.1. The molecule has 0 aliphatic heterocycles. The Hall–Kier alpha value is -1.84. The predicted molar refractivity (Wildman–Crippen MR) is 83.5 cm³/mol. The summed E-state index contributed by atoms with van der Waals surface area (Å²) in [5.74, 6) is -0.417. The second kappa shape index (κ2) is 8.57. The summed E-state index contributed by atoms with van der Waals surface area (Å²) >= 11 is 0. The zero-order chi connectivity index (χ0) is 15.8. The highest BCUT2D eigenvalue weighted by Gasteiger charge is 2.29. The summed E-state index contributed by atoms with van der Waals surface area (Å²) in [6.45, 7) is 2.58. The topological polar surface area (TPSA) is 52.6 Å². The summed E-state index contributed by atoms with van der Waals surface area (Å²) in [4.78, 5) is 23.9. The van der Waals surface area contributed by atoms with Crippen molar-refractivity contribution in [3.8, 4) is 0 Å². The zero-order valence-corrected chi connectivity index (χ0v) is 13.1. The van der Waals surface area contributed by atoms with Crippen LogP contribution in [0.1, 0.15) is 55.8 Å². The first-order valence-electron chi connectivity index (χ1n) is 8.13. The fourth-order valence-electron chi connectivity index (χ4n) is 2.64. The van der Waals surface area contributed by atoms with Crippen molar-refractivity contribution >= 4 is 11.9 Å². The van der Waals surface area contributed by atoms with Crippen molar-refractivity contribution in [1.29, 1.82) is 0 Å². The van der Waals surface area contributed by atoms with Gasteiger partial charge in [0.15, 0.2) is 0 Å². The number of rotatable bonds is 6. The summed E-state index contributed by atoms with van der Waals surface area (Å²) in [6.07, 6.45) is 4.77. The molecular formula is C18H24O4. The summed E-state index contributed by atoms with van der Waals surface area (Å²) in [5, 5.41) is 0. The fourth-order valence-corrected chi connectivity index (χ4v) is 2.64. The molecule has 0 bridgehead atoms. The molecule has 0 spiro atoms. The quantitative estimate of drug-likeness (QED) is 0.593. The van der Waals surface area contributed by atoms with E-state index < -0.39 is 0 Å². The Bertz CT molecular complexity index is 475. The number of carbonyl (C=O) groups excluding carboxylic acids is 2. The molecule has 1 aromatic carbocycles. The number of unbranched alkanes of at least 4 members (excludes halogenated alkanes) is 1. The van der Waals surface area contributed by atoms with Gasteiger partial charge in [-0.1, -0.05) is 31.5 Å². The van der Waals surface area contributed by atoms with Crippen molar-refractivity contribution in [2.24, 2.45) is 5.92 Å². The van der Waals surface area contributed by atoms with Crippen LogP contribution in [0.15, 0.2) is 30.3 Å². The van der Waals surface area contributed by atoms with Crippen molar-refractivity contribution in [2.75, 3.05) is 6.61 Å². The van der Waals surface area contributed by atoms with Crippen LogP contribution < -0.4 is 0 Å². The van der Waals surface area contributed by atoms with Crippen LogP contribution in [0, 0.1) is 5.92 Å². The molecule has 1 fully saturated rings. The predicted octanol–water partition coefficient (Wildman–Crippen LogP) is 3.75. The van der Waals surface area contributed by atoms with Crippen molar-refractivity contribution in [3.63, 3.8) is 0 Å². The van der Waals surface area contributed by atoms with Gasteiger partial charge in [0.1, 0.15) is 6.10 Å². The Morgan fingerprint density at radius 2 is 1.77 bits per heavy atom. The van der Waals surface area contributed by atoms with Crippen LogP contribution in [0.25, 0.3) is 0 Å². The maximum Gasteiger partial charge on any atom is 0.338 e. The van der Waals surface area contributed by atoms with Crippen LogP contribution in [0.3, 0.4) is 0 Å². The molecule has 0 atom stereocenters. The molecule has 120 valence electrons. The van der Waals surface area contributed by atoms with Crippen LogP contribution in [0.4, 0.5) is 0 Å². The van der Waals surface area contributed by atoms with Gasteiger partial charge in [0.25, 0.3) is 0 Å². The van der Waals surface area contributed by atoms with Crippen molar-refractivity contribution in [3.05, 3.63) is 35.9 Å². The van der Waals surface area contributed by atoms with E-state index in [1.54, 1.807) is 12.1 Å². The van der Waals surface area contributed by atoms with Crippen molar-refractivity contribution in [1.82, 2.24) is 0 Å². The van der Waals surface area contributed by atoms with Gasteiger partial charge in [-0.15, -0.1) is 0 Å². The Morgan fingerprint density at radius 1 is 1.09 bits per heavy atom. The summed E-state index contributed by atoms with van der Waals surface area (Å²) in [6, 6.07) is 9.00. The van der Waals surface area contributed by atoms with Crippen molar-refractivity contribution in [2.45, 2.75) is 51.6 Å². The minimum atomic E-state index is -0.283. The molecule has 1 aliphatic rings. The molecule has 4 nitrogen and oxygen atoms in total. The third kappa shape index (κ3) is 4.86. The number of benzene rings is 1. The Kier molecular flexibility index (Phi) is 6.44. The average Bonchev–Trinajstić information content (AvgIpc) is 2.56. The molecule has 2 rings (SSSR count). The molecule has 0 unspecified atom stereocenters. The second-order valence-electron chi connectivity index (χ2n) is 5.77. The van der Waals surface area contributed by atoms with E-state index in [2.05, 4.69) is 6.92 Å². The summed E-state index contributed by atoms with van der Waals surface area (Å²) in [5.41, 5.74) is 0.573. The molecule has 0 aromatic heterocycles. The first-order chi connectivity index (χ1) is 10.7. The highest BCUT2D eigenvalue weighted by molar-refractivity contribution is 5.89. The lowest BCUT2D eigenvalue weighted by Gasteiger charge is -2.27. The van der Waals surface area contributed by atoms with E-state index in [0.29, 0.717) is 12.2 Å². The number of ether oxygens (including phenoxy) is 2. The largest absolute Gasteiger partial charge is 0.465 e. The third-order valence-electron chi connectivity index (χ3n) is 4.03. The van der Waals surface area contributed by atoms with E-state index >= 15 is 0 Å². The van der Waals surface area contributed by atoms with Crippen molar-refractivity contribution < 1.29 is 19.1 Å². The normalized spacial score (nSPS) is 21.1. The maximum absolute atomic E-state index is 12.0. The number of hydrogen-bond donors (Lipinski definition) is 0. The standard InChI is InChI=1S/C18H24O4/c1-2-3-13-21-17(19)15-9-11-16(12-10-15)22-18(20)14-7-5-4-6-8-14/h4-8,15-16H,2-3,9-13H2,1H3. The van der Waals surface area contributed by atoms with Gasteiger partial charge in [-0.3, -0.25) is 4.79 Å². The van der Waals surface area contributed by atoms with Gasteiger partial charge < -0.3 is 9.47 Å². The molecule has 0 amide bonds. The number of carbonyl (C=O) groups is 2. The lowest BCUT2D eigenvalue weighted by atomic mass is 9.87. The van der Waals surface area contributed by atoms with E-state index in [1.165, 1.54) is 0 Å². The van der Waals surface area contributed by atoms with Gasteiger partial charge in [0.2, 0.25) is 0 Å². The summed E-state index contributed by atoms with van der Waals surface area (Å²) in [7, 11) is 0. The monoisotopic (exact) mass is 304 g/mol. The first kappa shape index (κ1) is 16.5. The highest BCUT2D eigenvalue weighted by Crippen LogP contribution is 2.27. The van der Waals surface area contributed by atoms with E-state index in [1.807, 2.05) is 18.2 Å². The van der Waals surface area contributed by atoms with E-state index in [-0.39, 0.29) is 24.0 Å². The van der Waals surface area contributed by atoms with Crippen LogP contribution in [-0.4, -0.2) is 24.6 Å². The van der Waals surface area contributed by atoms with Gasteiger partial charge in [-0.25, -0.2) is 4.79 Å². The smallest absolute Gasteiger partial charge is 0.338 e. The minimum absolute atomic E-state index is 0.0384. The van der Waals surface area contributed by atoms with E-state index in [9.17, 15) is 9.59 Å². The van der Waals surface area contributed by atoms with Gasteiger partial charge in [-0.2, -0.15) is 0 Å².